The molecule has 3 aromatic carbocycles. The molecule has 0 aliphatic carbocycles. The van der Waals surface area contributed by atoms with E-state index in [1.807, 2.05) is 48.5 Å². The lowest BCUT2D eigenvalue weighted by Gasteiger charge is -2.32. The van der Waals surface area contributed by atoms with Crippen LogP contribution in [0, 0.1) is 0 Å². The summed E-state index contributed by atoms with van der Waals surface area (Å²) in [6.07, 6.45) is 2.52. The fraction of sp³-hybridized carbons (Fsp3) is 0.324. The van der Waals surface area contributed by atoms with E-state index in [2.05, 4.69) is 51.5 Å². The molecule has 7 heteroatoms. The predicted octanol–water partition coefficient (Wildman–Crippen LogP) is 4.73. The van der Waals surface area contributed by atoms with Gasteiger partial charge < -0.3 is 10.1 Å². The number of fused-ring (bicyclic) bond motifs is 2. The third-order valence-electron chi connectivity index (χ3n) is 8.11. The molecule has 4 aromatic rings. The Kier molecular flexibility index (Phi) is 8.35. The van der Waals surface area contributed by atoms with Gasteiger partial charge in [0.05, 0.1) is 11.1 Å². The molecule has 0 bridgehead atoms. The maximum atomic E-state index is 13.6. The quantitative estimate of drug-likeness (QED) is 0.321. The summed E-state index contributed by atoms with van der Waals surface area (Å²) in [4.78, 5) is 36.0. The number of rotatable bonds is 8. The fourth-order valence-electron chi connectivity index (χ4n) is 6.01. The Bertz CT molecular complexity index is 1500. The van der Waals surface area contributed by atoms with Crippen molar-refractivity contribution in [2.75, 3.05) is 26.2 Å². The summed E-state index contributed by atoms with van der Waals surface area (Å²) < 4.78 is 5.65. The van der Waals surface area contributed by atoms with Gasteiger partial charge in [-0.15, -0.1) is 0 Å². The standard InChI is InChI=1S/C34H36N4O3/c39-32(35-27-15-18-37(19-16-27)21-25-9-3-1-4-10-25)24-41-34(40)33-28-13-7-8-14-30(28)36-31-17-20-38(23-29(31)33)22-26-11-5-2-6-12-26/h1-14,27H,15-24H2,(H,35,39). The van der Waals surface area contributed by atoms with Crippen LogP contribution in [0.3, 0.4) is 0 Å². The Hall–Kier alpha value is -4.07. The molecule has 0 unspecified atom stereocenters. The number of likely N-dealkylation sites (tertiary alicyclic amines) is 1. The molecule has 1 N–H and O–H groups in total. The van der Waals surface area contributed by atoms with Crippen LogP contribution in [0.15, 0.2) is 84.9 Å². The molecular formula is C34H36N4O3. The number of hydrogen-bond acceptors (Lipinski definition) is 6. The number of aromatic nitrogens is 1. The van der Waals surface area contributed by atoms with Crippen molar-refractivity contribution in [1.29, 1.82) is 0 Å². The number of nitrogens with zero attached hydrogens (tertiary/aromatic N) is 3. The summed E-state index contributed by atoms with van der Waals surface area (Å²) >= 11 is 0. The smallest absolute Gasteiger partial charge is 0.339 e. The average molecular weight is 549 g/mol. The number of ether oxygens (including phenoxy) is 1. The topological polar surface area (TPSA) is 74.8 Å². The number of carbonyl (C=O) groups is 2. The lowest BCUT2D eigenvalue weighted by molar-refractivity contribution is -0.125. The first-order valence-electron chi connectivity index (χ1n) is 14.5. The van der Waals surface area contributed by atoms with Gasteiger partial charge in [0.1, 0.15) is 0 Å². The minimum absolute atomic E-state index is 0.0919. The van der Waals surface area contributed by atoms with Crippen LogP contribution in [-0.2, 0) is 35.6 Å². The van der Waals surface area contributed by atoms with E-state index in [4.69, 9.17) is 9.72 Å². The van der Waals surface area contributed by atoms with Gasteiger partial charge in [-0.05, 0) is 30.0 Å². The second kappa shape index (κ2) is 12.6. The van der Waals surface area contributed by atoms with Gasteiger partial charge in [0, 0.05) is 68.4 Å². The third-order valence-corrected chi connectivity index (χ3v) is 8.11. The Balaban J connectivity index is 1.08. The normalized spacial score (nSPS) is 16.3. The zero-order valence-electron chi connectivity index (χ0n) is 23.3. The number of carbonyl (C=O) groups excluding carboxylic acids is 2. The summed E-state index contributed by atoms with van der Waals surface area (Å²) in [6, 6.07) is 28.6. The monoisotopic (exact) mass is 548 g/mol. The van der Waals surface area contributed by atoms with E-state index in [9.17, 15) is 9.59 Å². The number of nitrogens with one attached hydrogen (secondary N) is 1. The molecule has 2 aliphatic rings. The van der Waals surface area contributed by atoms with E-state index in [0.29, 0.717) is 12.1 Å². The van der Waals surface area contributed by atoms with Crippen LogP contribution in [0.1, 0.15) is 45.6 Å². The lowest BCUT2D eigenvalue weighted by Crippen LogP contribution is -2.45. The van der Waals surface area contributed by atoms with E-state index < -0.39 is 5.97 Å². The molecule has 41 heavy (non-hydrogen) atoms. The Morgan fingerprint density at radius 2 is 1.44 bits per heavy atom. The second-order valence-corrected chi connectivity index (χ2v) is 11.1. The van der Waals surface area contributed by atoms with Gasteiger partial charge in [-0.25, -0.2) is 4.79 Å². The van der Waals surface area contributed by atoms with Crippen LogP contribution in [0.2, 0.25) is 0 Å². The molecule has 210 valence electrons. The minimum atomic E-state index is -0.464. The van der Waals surface area contributed by atoms with Gasteiger partial charge in [-0.3, -0.25) is 19.6 Å². The zero-order chi connectivity index (χ0) is 28.0. The second-order valence-electron chi connectivity index (χ2n) is 11.1. The number of esters is 1. The molecular weight excluding hydrogens is 512 g/mol. The van der Waals surface area contributed by atoms with Crippen LogP contribution < -0.4 is 5.32 Å². The number of benzene rings is 3. The molecule has 7 nitrogen and oxygen atoms in total. The number of para-hydroxylation sites is 1. The van der Waals surface area contributed by atoms with Crippen LogP contribution in [0.5, 0.6) is 0 Å². The van der Waals surface area contributed by atoms with Gasteiger partial charge in [-0.1, -0.05) is 78.9 Å². The van der Waals surface area contributed by atoms with Crippen LogP contribution in [0.25, 0.3) is 10.9 Å². The Morgan fingerprint density at radius 1 is 0.805 bits per heavy atom. The molecule has 0 atom stereocenters. The first-order valence-corrected chi connectivity index (χ1v) is 14.5. The molecule has 3 heterocycles. The fourth-order valence-corrected chi connectivity index (χ4v) is 6.01. The SMILES string of the molecule is O=C(COC(=O)c1c2c(nc3ccccc13)CCN(Cc1ccccc1)C2)NC1CCN(Cc2ccccc2)CC1. The minimum Gasteiger partial charge on any atom is -0.452 e. The summed E-state index contributed by atoms with van der Waals surface area (Å²) in [5.41, 5.74) is 5.69. The van der Waals surface area contributed by atoms with Crippen molar-refractivity contribution in [2.45, 2.75) is 44.9 Å². The zero-order valence-corrected chi connectivity index (χ0v) is 23.3. The van der Waals surface area contributed by atoms with E-state index in [1.54, 1.807) is 0 Å². The summed E-state index contributed by atoms with van der Waals surface area (Å²) in [6.45, 7) is 4.76. The van der Waals surface area contributed by atoms with Crippen molar-refractivity contribution in [3.63, 3.8) is 0 Å². The van der Waals surface area contributed by atoms with Crippen molar-refractivity contribution in [3.8, 4) is 0 Å². The first kappa shape index (κ1) is 27.1. The first-order chi connectivity index (χ1) is 20.1. The van der Waals surface area contributed by atoms with E-state index in [-0.39, 0.29) is 18.6 Å². The molecule has 2 aliphatic heterocycles. The van der Waals surface area contributed by atoms with E-state index in [0.717, 1.165) is 74.1 Å². The van der Waals surface area contributed by atoms with E-state index >= 15 is 0 Å². The molecule has 1 amide bonds. The van der Waals surface area contributed by atoms with Crippen LogP contribution >= 0.6 is 0 Å². The molecule has 0 spiro atoms. The molecule has 0 radical (unpaired) electrons. The van der Waals surface area contributed by atoms with Crippen molar-refractivity contribution >= 4 is 22.8 Å². The van der Waals surface area contributed by atoms with Crippen LogP contribution in [-0.4, -0.2) is 58.9 Å². The average Bonchev–Trinajstić information content (AvgIpc) is 3.01. The highest BCUT2D eigenvalue weighted by atomic mass is 16.5. The highest BCUT2D eigenvalue weighted by Gasteiger charge is 2.28. The van der Waals surface area contributed by atoms with Gasteiger partial charge >= 0.3 is 5.97 Å². The summed E-state index contributed by atoms with van der Waals surface area (Å²) in [7, 11) is 0. The molecule has 1 fully saturated rings. The summed E-state index contributed by atoms with van der Waals surface area (Å²) in [5, 5.41) is 3.85. The molecule has 1 saturated heterocycles. The largest absolute Gasteiger partial charge is 0.452 e. The maximum Gasteiger partial charge on any atom is 0.339 e. The van der Waals surface area contributed by atoms with E-state index in [1.165, 1.54) is 11.1 Å². The molecule has 1 aromatic heterocycles. The highest BCUT2D eigenvalue weighted by Crippen LogP contribution is 2.29. The summed E-state index contributed by atoms with van der Waals surface area (Å²) in [5.74, 6) is -0.716. The molecule has 0 saturated carbocycles. The number of amides is 1. The maximum absolute atomic E-state index is 13.6. The Morgan fingerprint density at radius 3 is 2.15 bits per heavy atom. The van der Waals surface area contributed by atoms with Crippen molar-refractivity contribution in [3.05, 3.63) is 113 Å². The predicted molar refractivity (Wildman–Crippen MR) is 159 cm³/mol. The number of piperidine rings is 1. The number of pyridine rings is 1. The van der Waals surface area contributed by atoms with Crippen molar-refractivity contribution in [2.24, 2.45) is 0 Å². The lowest BCUT2D eigenvalue weighted by atomic mass is 9.95. The van der Waals surface area contributed by atoms with Crippen molar-refractivity contribution < 1.29 is 14.3 Å². The van der Waals surface area contributed by atoms with Gasteiger partial charge in [0.15, 0.2) is 6.61 Å². The van der Waals surface area contributed by atoms with Gasteiger partial charge in [-0.2, -0.15) is 0 Å². The highest BCUT2D eigenvalue weighted by molar-refractivity contribution is 6.05. The molecule has 6 rings (SSSR count). The number of hydrogen-bond donors (Lipinski definition) is 1. The van der Waals surface area contributed by atoms with Gasteiger partial charge in [0.2, 0.25) is 0 Å². The van der Waals surface area contributed by atoms with Gasteiger partial charge in [0.25, 0.3) is 5.91 Å². The van der Waals surface area contributed by atoms with Crippen molar-refractivity contribution in [1.82, 2.24) is 20.1 Å². The Labute approximate surface area is 241 Å². The van der Waals surface area contributed by atoms with Crippen LogP contribution in [0.4, 0.5) is 0 Å². The third kappa shape index (κ3) is 6.64.